The van der Waals surface area contributed by atoms with Crippen molar-refractivity contribution in [2.75, 3.05) is 57.4 Å². The van der Waals surface area contributed by atoms with Gasteiger partial charge in [-0.05, 0) is 100.0 Å². The molecular weight excluding hydrogens is 712 g/mol. The molecule has 0 aliphatic carbocycles. The lowest BCUT2D eigenvalue weighted by Gasteiger charge is -2.31. The molecule has 2 aromatic rings. The molecule has 4 unspecified atom stereocenters. The Morgan fingerprint density at radius 2 is 1.91 bits per heavy atom. The molecule has 0 radical (unpaired) electrons. The number of nitrogens with one attached hydrogen (secondary N) is 1. The summed E-state index contributed by atoms with van der Waals surface area (Å²) in [4.78, 5) is 31.8. The van der Waals surface area contributed by atoms with Crippen LogP contribution in [0.2, 0.25) is 5.02 Å². The van der Waals surface area contributed by atoms with Gasteiger partial charge in [0.05, 0.1) is 36.5 Å². The quantitative estimate of drug-likeness (QED) is 0.247. The molecule has 2 aromatic carbocycles. The third-order valence-corrected chi connectivity index (χ3v) is 12.6. The molecule has 292 valence electrons. The van der Waals surface area contributed by atoms with E-state index in [9.17, 15) is 13.8 Å². The lowest BCUT2D eigenvalue weighted by molar-refractivity contribution is -0.137. The molecule has 2 amide bonds. The van der Waals surface area contributed by atoms with Gasteiger partial charge in [0.2, 0.25) is 5.91 Å². The second-order valence-electron chi connectivity index (χ2n) is 15.3. The van der Waals surface area contributed by atoms with Crippen LogP contribution in [0.3, 0.4) is 0 Å². The Kier molecular flexibility index (Phi) is 14.4. The largest absolute Gasteiger partial charge is 0.491 e. The third kappa shape index (κ3) is 10.6. The van der Waals surface area contributed by atoms with Crippen LogP contribution in [0.4, 0.5) is 5.69 Å². The van der Waals surface area contributed by atoms with Crippen molar-refractivity contribution < 1.29 is 28.0 Å². The Balaban J connectivity index is 1.59. The normalized spacial score (nSPS) is 26.1. The van der Waals surface area contributed by atoms with Crippen LogP contribution in [-0.4, -0.2) is 85.2 Å². The highest BCUT2D eigenvalue weighted by Gasteiger charge is 2.33. The van der Waals surface area contributed by atoms with E-state index in [0.717, 1.165) is 51.0 Å². The second-order valence-corrected chi connectivity index (χ2v) is 17.7. The van der Waals surface area contributed by atoms with E-state index in [4.69, 9.17) is 25.8 Å². The van der Waals surface area contributed by atoms with E-state index in [1.54, 1.807) is 45.9 Å². The van der Waals surface area contributed by atoms with E-state index in [-0.39, 0.29) is 29.4 Å². The van der Waals surface area contributed by atoms with Crippen LogP contribution in [-0.2, 0) is 35.4 Å². The molecule has 10 nitrogen and oxygen atoms in total. The fourth-order valence-electron chi connectivity index (χ4n) is 7.22. The number of ether oxygens (including phenoxy) is 3. The van der Waals surface area contributed by atoms with Crippen molar-refractivity contribution in [1.29, 1.82) is 0 Å². The number of fused-ring (bicyclic) bond motifs is 1. The number of carbonyl (C=O) groups is 2. The average Bonchev–Trinajstić information content (AvgIpc) is 3.57. The number of hydrogen-bond donors (Lipinski definition) is 1. The molecule has 0 aromatic heterocycles. The van der Waals surface area contributed by atoms with E-state index in [1.807, 2.05) is 12.1 Å². The van der Waals surface area contributed by atoms with E-state index < -0.39 is 33.2 Å². The summed E-state index contributed by atoms with van der Waals surface area (Å²) in [6.07, 6.45) is 9.91. The fraction of sp³-hybridized carbons (Fsp3) is 0.610. The van der Waals surface area contributed by atoms with Crippen LogP contribution in [0.1, 0.15) is 90.7 Å². The topological polar surface area (TPSA) is 110 Å². The summed E-state index contributed by atoms with van der Waals surface area (Å²) in [7, 11) is -3.76. The van der Waals surface area contributed by atoms with E-state index in [0.29, 0.717) is 37.1 Å². The summed E-state index contributed by atoms with van der Waals surface area (Å²) in [6.45, 7) is 16.6. The SMILES string of the molecule is CCCc1cc(Cl)ccc1C1COc2ccc3cc2N(CCC(CC)C(OCCN2CCCC2)/C=C/COC(C)(C)C(=O)N=S3(=O)NC(=O)C(C)C)C1. The zero-order valence-corrected chi connectivity index (χ0v) is 34.0. The molecule has 3 aliphatic rings. The van der Waals surface area contributed by atoms with Crippen molar-refractivity contribution in [2.24, 2.45) is 16.2 Å². The molecule has 5 rings (SSSR count). The summed E-state index contributed by atoms with van der Waals surface area (Å²) in [6, 6.07) is 11.3. The fourth-order valence-corrected chi connectivity index (χ4v) is 9.17. The van der Waals surface area contributed by atoms with Crippen molar-refractivity contribution in [2.45, 2.75) is 103 Å². The number of nitrogens with zero attached hydrogens (tertiary/aromatic N) is 3. The molecule has 3 aliphatic heterocycles. The Hall–Kier alpha value is -2.96. The number of aryl methyl sites for hydroxylation is 1. The first-order valence-electron chi connectivity index (χ1n) is 19.4. The van der Waals surface area contributed by atoms with Gasteiger partial charge in [-0.25, -0.2) is 4.21 Å². The summed E-state index contributed by atoms with van der Waals surface area (Å²) < 4.78 is 40.9. The number of benzene rings is 2. The van der Waals surface area contributed by atoms with Crippen LogP contribution in [0.5, 0.6) is 5.75 Å². The maximum Gasteiger partial charge on any atom is 0.287 e. The standard InChI is InChI=1S/C41H59ClN4O6S/c1-7-12-31-25-33(42)14-16-35(31)32-27-46-21-18-30(8-2)37(50-24-22-45-19-9-10-20-45)13-11-23-52-41(5,6)40(48)44-53(49,43-39(47)29(3)4)34-15-17-38(51-28-32)36(46)26-34/h11,13-17,25-26,29-30,32,37H,7-10,12,18-24,27-28H2,1-6H3,(H,43,44,47,48,49)/b13-11+. The van der Waals surface area contributed by atoms with Crippen molar-refractivity contribution in [3.63, 3.8) is 0 Å². The van der Waals surface area contributed by atoms with Gasteiger partial charge in [0.15, 0.2) is 9.92 Å². The van der Waals surface area contributed by atoms with Crippen molar-refractivity contribution in [3.8, 4) is 5.75 Å². The predicted octanol–water partition coefficient (Wildman–Crippen LogP) is 7.58. The van der Waals surface area contributed by atoms with E-state index in [2.05, 4.69) is 50.9 Å². The number of carbonyl (C=O) groups excluding carboxylic acids is 2. The molecule has 53 heavy (non-hydrogen) atoms. The van der Waals surface area contributed by atoms with Crippen molar-refractivity contribution in [1.82, 2.24) is 9.62 Å². The number of anilines is 1. The molecule has 3 heterocycles. The van der Waals surface area contributed by atoms with Crippen molar-refractivity contribution in [3.05, 3.63) is 64.7 Å². The molecule has 0 spiro atoms. The van der Waals surface area contributed by atoms with Gasteiger partial charge >= 0.3 is 0 Å². The van der Waals surface area contributed by atoms with Gasteiger partial charge in [-0.1, -0.05) is 70.4 Å². The van der Waals surface area contributed by atoms with Crippen LogP contribution in [0, 0.1) is 11.8 Å². The molecule has 12 heteroatoms. The van der Waals surface area contributed by atoms with E-state index >= 15 is 0 Å². The maximum atomic E-state index is 14.8. The highest BCUT2D eigenvalue weighted by Crippen LogP contribution is 2.39. The predicted molar refractivity (Wildman–Crippen MR) is 212 cm³/mol. The highest BCUT2D eigenvalue weighted by atomic mass is 35.5. The minimum Gasteiger partial charge on any atom is -0.491 e. The minimum absolute atomic E-state index is 0.0250. The molecule has 1 saturated heterocycles. The summed E-state index contributed by atoms with van der Waals surface area (Å²) in [5.74, 6) is -0.830. The van der Waals surface area contributed by atoms with Crippen LogP contribution in [0.25, 0.3) is 0 Å². The molecular formula is C41H59ClN4O6S. The molecule has 4 atom stereocenters. The first-order chi connectivity index (χ1) is 25.3. The zero-order valence-electron chi connectivity index (χ0n) is 32.4. The minimum atomic E-state index is -3.76. The Labute approximate surface area is 322 Å². The van der Waals surface area contributed by atoms with Gasteiger partial charge in [0.25, 0.3) is 5.91 Å². The molecule has 2 bridgehead atoms. The van der Waals surface area contributed by atoms with Crippen LogP contribution in [0.15, 0.2) is 57.8 Å². The number of rotatable bonds is 10. The molecule has 1 fully saturated rings. The Morgan fingerprint density at radius 3 is 2.62 bits per heavy atom. The van der Waals surface area contributed by atoms with Gasteiger partial charge in [0.1, 0.15) is 11.4 Å². The number of amides is 2. The molecule has 0 saturated carbocycles. The van der Waals surface area contributed by atoms with Gasteiger partial charge in [-0.2, -0.15) is 0 Å². The summed E-state index contributed by atoms with van der Waals surface area (Å²) >= 11 is 6.48. The maximum absolute atomic E-state index is 14.8. The second kappa shape index (κ2) is 18.6. The van der Waals surface area contributed by atoms with E-state index in [1.165, 1.54) is 24.0 Å². The first kappa shape index (κ1) is 41.2. The monoisotopic (exact) mass is 770 g/mol. The Morgan fingerprint density at radius 1 is 1.13 bits per heavy atom. The Bertz CT molecular complexity index is 1730. The third-order valence-electron chi connectivity index (χ3n) is 10.6. The van der Waals surface area contributed by atoms with Gasteiger partial charge in [-0.3, -0.25) is 14.3 Å². The van der Waals surface area contributed by atoms with Gasteiger partial charge in [0, 0.05) is 36.5 Å². The zero-order chi connectivity index (χ0) is 38.2. The lowest BCUT2D eigenvalue weighted by Crippen LogP contribution is -2.39. The number of halogens is 1. The highest BCUT2D eigenvalue weighted by molar-refractivity contribution is 7.92. The molecule has 1 N–H and O–H groups in total. The van der Waals surface area contributed by atoms with Gasteiger partial charge < -0.3 is 24.0 Å². The van der Waals surface area contributed by atoms with Crippen LogP contribution < -0.4 is 14.4 Å². The summed E-state index contributed by atoms with van der Waals surface area (Å²) in [5, 5.41) is 0.712. The van der Waals surface area contributed by atoms with Gasteiger partial charge in [-0.15, -0.1) is 4.36 Å². The smallest absolute Gasteiger partial charge is 0.287 e. The van der Waals surface area contributed by atoms with Crippen LogP contribution >= 0.6 is 11.6 Å². The lowest BCUT2D eigenvalue weighted by atomic mass is 9.91. The van der Waals surface area contributed by atoms with Crippen molar-refractivity contribution >= 4 is 39.0 Å². The number of hydrogen-bond acceptors (Lipinski definition) is 8. The average molecular weight is 771 g/mol. The number of likely N-dealkylation sites (tertiary alicyclic amines) is 1. The summed E-state index contributed by atoms with van der Waals surface area (Å²) in [5.41, 5.74) is 1.74. The first-order valence-corrected chi connectivity index (χ1v) is 21.3.